The molecule has 21 heavy (non-hydrogen) atoms. The quantitative estimate of drug-likeness (QED) is 0.887. The van der Waals surface area contributed by atoms with Crippen molar-refractivity contribution in [3.63, 3.8) is 0 Å². The van der Waals surface area contributed by atoms with Crippen molar-refractivity contribution in [3.8, 4) is 0 Å². The van der Waals surface area contributed by atoms with Gasteiger partial charge in [0.15, 0.2) is 0 Å². The maximum Gasteiger partial charge on any atom is 0.317 e. The van der Waals surface area contributed by atoms with E-state index >= 15 is 0 Å². The van der Waals surface area contributed by atoms with E-state index in [2.05, 4.69) is 15.6 Å². The predicted octanol–water partition coefficient (Wildman–Crippen LogP) is 1.43. The number of nitrogens with zero attached hydrogens (tertiary/aromatic N) is 2. The zero-order valence-corrected chi connectivity index (χ0v) is 13.5. The van der Waals surface area contributed by atoms with Crippen LogP contribution >= 0.6 is 11.3 Å². The normalized spacial score (nSPS) is 18.4. The van der Waals surface area contributed by atoms with Gasteiger partial charge in [0, 0.05) is 25.0 Å². The smallest absolute Gasteiger partial charge is 0.317 e. The van der Waals surface area contributed by atoms with Gasteiger partial charge >= 0.3 is 6.03 Å². The highest BCUT2D eigenvalue weighted by Gasteiger charge is 2.27. The fourth-order valence-electron chi connectivity index (χ4n) is 2.46. The van der Waals surface area contributed by atoms with Crippen LogP contribution in [-0.4, -0.2) is 42.0 Å². The molecule has 1 aliphatic rings. The Morgan fingerprint density at radius 1 is 1.43 bits per heavy atom. The molecule has 2 N–H and O–H groups in total. The number of aromatic nitrogens is 1. The van der Waals surface area contributed by atoms with E-state index in [-0.39, 0.29) is 17.9 Å². The third-order valence-electron chi connectivity index (χ3n) is 3.79. The number of likely N-dealkylation sites (tertiary alicyclic amines) is 1. The van der Waals surface area contributed by atoms with Crippen LogP contribution in [0.4, 0.5) is 4.79 Å². The lowest BCUT2D eigenvalue weighted by atomic mass is 9.97. The number of carbonyl (C=O) groups is 2. The summed E-state index contributed by atoms with van der Waals surface area (Å²) in [7, 11) is 1.63. The second-order valence-corrected chi connectivity index (χ2v) is 6.60. The lowest BCUT2D eigenvalue weighted by Crippen LogP contribution is -2.48. The van der Waals surface area contributed by atoms with Crippen LogP contribution in [0.5, 0.6) is 0 Å². The molecule has 6 nitrogen and oxygen atoms in total. The van der Waals surface area contributed by atoms with E-state index in [0.717, 1.165) is 23.5 Å². The molecule has 1 atom stereocenters. The molecule has 7 heteroatoms. The van der Waals surface area contributed by atoms with Gasteiger partial charge in [-0.05, 0) is 26.7 Å². The van der Waals surface area contributed by atoms with Crippen LogP contribution in [0.3, 0.4) is 0 Å². The molecule has 3 amide bonds. The summed E-state index contributed by atoms with van der Waals surface area (Å²) in [6, 6.07) is -0.117. The van der Waals surface area contributed by atoms with Crippen LogP contribution < -0.4 is 10.6 Å². The second-order valence-electron chi connectivity index (χ2n) is 5.31. The van der Waals surface area contributed by atoms with Gasteiger partial charge in [-0.2, -0.15) is 0 Å². The number of thiazole rings is 1. The molecule has 1 saturated heterocycles. The van der Waals surface area contributed by atoms with Crippen molar-refractivity contribution in [2.75, 3.05) is 20.1 Å². The molecule has 1 fully saturated rings. The largest absolute Gasteiger partial charge is 0.359 e. The summed E-state index contributed by atoms with van der Waals surface area (Å²) in [4.78, 5) is 31.2. The van der Waals surface area contributed by atoms with Crippen LogP contribution in [0.25, 0.3) is 0 Å². The average molecular weight is 310 g/mol. The molecule has 1 aromatic heterocycles. The summed E-state index contributed by atoms with van der Waals surface area (Å²) in [5.74, 6) is -0.0856. The molecular formula is C14H22N4O2S. The lowest BCUT2D eigenvalue weighted by molar-refractivity contribution is -0.125. The van der Waals surface area contributed by atoms with Gasteiger partial charge < -0.3 is 15.5 Å². The summed E-state index contributed by atoms with van der Waals surface area (Å²) >= 11 is 1.60. The van der Waals surface area contributed by atoms with Crippen molar-refractivity contribution in [3.05, 3.63) is 15.6 Å². The molecular weight excluding hydrogens is 288 g/mol. The number of nitrogens with one attached hydrogen (secondary N) is 2. The second kappa shape index (κ2) is 6.89. The van der Waals surface area contributed by atoms with Gasteiger partial charge in [-0.25, -0.2) is 9.78 Å². The summed E-state index contributed by atoms with van der Waals surface area (Å²) in [6.07, 6.45) is 1.70. The summed E-state index contributed by atoms with van der Waals surface area (Å²) in [5.41, 5.74) is 1.02. The Hall–Kier alpha value is -1.63. The molecule has 0 aliphatic carbocycles. The molecule has 0 unspecified atom stereocenters. The molecule has 0 aromatic carbocycles. The van der Waals surface area contributed by atoms with Crippen molar-refractivity contribution >= 4 is 23.3 Å². The maximum atomic E-state index is 12.2. The number of amides is 3. The van der Waals surface area contributed by atoms with Crippen molar-refractivity contribution < 1.29 is 9.59 Å². The van der Waals surface area contributed by atoms with Crippen LogP contribution in [0.2, 0.25) is 0 Å². The molecule has 0 radical (unpaired) electrons. The van der Waals surface area contributed by atoms with Crippen LogP contribution in [0.1, 0.15) is 28.4 Å². The van der Waals surface area contributed by atoms with Crippen molar-refractivity contribution in [2.45, 2.75) is 33.2 Å². The minimum atomic E-state index is -0.117. The fourth-order valence-corrected chi connectivity index (χ4v) is 3.33. The van der Waals surface area contributed by atoms with Crippen molar-refractivity contribution in [1.82, 2.24) is 20.5 Å². The number of hydrogen-bond donors (Lipinski definition) is 2. The van der Waals surface area contributed by atoms with Gasteiger partial charge in [0.25, 0.3) is 0 Å². The molecule has 0 saturated carbocycles. The molecule has 0 spiro atoms. The SMILES string of the molecule is CNC(=O)[C@H]1CCCN(C(=O)NCc2nc(C)c(C)s2)C1. The van der Waals surface area contributed by atoms with E-state index < -0.39 is 0 Å². The Bertz CT molecular complexity index is 510. The number of hydrogen-bond acceptors (Lipinski definition) is 4. The first-order chi connectivity index (χ1) is 10.0. The molecule has 2 rings (SSSR count). The Morgan fingerprint density at radius 3 is 2.81 bits per heavy atom. The van der Waals surface area contributed by atoms with Crippen molar-refractivity contribution in [2.24, 2.45) is 5.92 Å². The highest BCUT2D eigenvalue weighted by molar-refractivity contribution is 7.11. The number of aryl methyl sites for hydroxylation is 2. The highest BCUT2D eigenvalue weighted by atomic mass is 32.1. The van der Waals surface area contributed by atoms with Crippen molar-refractivity contribution in [1.29, 1.82) is 0 Å². The maximum absolute atomic E-state index is 12.2. The number of urea groups is 1. The van der Waals surface area contributed by atoms with E-state index in [0.29, 0.717) is 19.6 Å². The van der Waals surface area contributed by atoms with E-state index in [4.69, 9.17) is 0 Å². The molecule has 2 heterocycles. The van der Waals surface area contributed by atoms with Gasteiger partial charge in [0.1, 0.15) is 5.01 Å². The van der Waals surface area contributed by atoms with Crippen LogP contribution in [-0.2, 0) is 11.3 Å². The van der Waals surface area contributed by atoms with Crippen LogP contribution in [0.15, 0.2) is 0 Å². The van der Waals surface area contributed by atoms with E-state index in [1.807, 2.05) is 13.8 Å². The number of rotatable bonds is 3. The summed E-state index contributed by atoms with van der Waals surface area (Å²) in [5, 5.41) is 6.46. The Kier molecular flexibility index (Phi) is 5.17. The third-order valence-corrected chi connectivity index (χ3v) is 4.86. The fraction of sp³-hybridized carbons (Fsp3) is 0.643. The average Bonchev–Trinajstić information content (AvgIpc) is 2.82. The molecule has 1 aromatic rings. The summed E-state index contributed by atoms with van der Waals surface area (Å²) < 4.78 is 0. The van der Waals surface area contributed by atoms with Gasteiger partial charge in [-0.15, -0.1) is 11.3 Å². The summed E-state index contributed by atoms with van der Waals surface area (Å²) in [6.45, 7) is 5.63. The Labute approximate surface area is 128 Å². The van der Waals surface area contributed by atoms with Crippen LogP contribution in [0, 0.1) is 19.8 Å². The number of carbonyl (C=O) groups excluding carboxylic acids is 2. The Balaban J connectivity index is 1.86. The zero-order valence-electron chi connectivity index (χ0n) is 12.7. The molecule has 0 bridgehead atoms. The molecule has 1 aliphatic heterocycles. The van der Waals surface area contributed by atoms with E-state index in [1.54, 1.807) is 23.3 Å². The Morgan fingerprint density at radius 2 is 2.19 bits per heavy atom. The monoisotopic (exact) mass is 310 g/mol. The first-order valence-electron chi connectivity index (χ1n) is 7.18. The lowest BCUT2D eigenvalue weighted by Gasteiger charge is -2.31. The standard InChI is InChI=1S/C14H22N4O2S/c1-9-10(2)21-12(17-9)7-16-14(20)18-6-4-5-11(8-18)13(19)15-3/h11H,4-8H2,1-3H3,(H,15,19)(H,16,20)/t11-/m0/s1. The molecule has 116 valence electrons. The number of piperidine rings is 1. The third kappa shape index (κ3) is 3.93. The minimum absolute atomic E-state index is 0.0127. The first-order valence-corrected chi connectivity index (χ1v) is 8.00. The first kappa shape index (κ1) is 15.8. The van der Waals surface area contributed by atoms with Gasteiger partial charge in [0.2, 0.25) is 5.91 Å². The van der Waals surface area contributed by atoms with E-state index in [9.17, 15) is 9.59 Å². The van der Waals surface area contributed by atoms with Gasteiger partial charge in [-0.3, -0.25) is 4.79 Å². The van der Waals surface area contributed by atoms with E-state index in [1.165, 1.54) is 4.88 Å². The predicted molar refractivity (Wildman–Crippen MR) is 82.2 cm³/mol. The zero-order chi connectivity index (χ0) is 15.4. The minimum Gasteiger partial charge on any atom is -0.359 e. The topological polar surface area (TPSA) is 74.3 Å². The van der Waals surface area contributed by atoms with Gasteiger partial charge in [0.05, 0.1) is 18.2 Å². The highest BCUT2D eigenvalue weighted by Crippen LogP contribution is 2.18. The van der Waals surface area contributed by atoms with Gasteiger partial charge in [-0.1, -0.05) is 0 Å².